The summed E-state index contributed by atoms with van der Waals surface area (Å²) in [6.07, 6.45) is 4.41. The van der Waals surface area contributed by atoms with Crippen molar-refractivity contribution in [3.05, 3.63) is 35.0 Å². The van der Waals surface area contributed by atoms with E-state index >= 15 is 0 Å². The van der Waals surface area contributed by atoms with Crippen molar-refractivity contribution < 1.29 is 4.79 Å². The first-order valence-electron chi connectivity index (χ1n) is 8.14. The van der Waals surface area contributed by atoms with Crippen molar-refractivity contribution in [2.45, 2.75) is 25.8 Å². The molecule has 0 bridgehead atoms. The highest BCUT2D eigenvalue weighted by Crippen LogP contribution is 2.30. The fourth-order valence-electron chi connectivity index (χ4n) is 3.07. The zero-order chi connectivity index (χ0) is 15.8. The Kier molecular flexibility index (Phi) is 3.87. The topological polar surface area (TPSA) is 49.3 Å². The van der Waals surface area contributed by atoms with Crippen LogP contribution in [0.15, 0.2) is 24.4 Å². The molecule has 4 rings (SSSR count). The minimum Gasteiger partial charge on any atom is -0.335 e. The molecular weight excluding hydrogens is 308 g/mol. The molecule has 0 spiro atoms. The van der Waals surface area contributed by atoms with Crippen molar-refractivity contribution in [1.29, 1.82) is 0 Å². The molecule has 0 atom stereocenters. The first-order valence-corrected chi connectivity index (χ1v) is 8.96. The number of aryl methyl sites for hydroxylation is 1. The van der Waals surface area contributed by atoms with Gasteiger partial charge in [-0.05, 0) is 31.9 Å². The van der Waals surface area contributed by atoms with Gasteiger partial charge in [-0.1, -0.05) is 6.07 Å². The molecule has 23 heavy (non-hydrogen) atoms. The predicted octanol–water partition coefficient (Wildman–Crippen LogP) is 2.43. The Balaban J connectivity index is 1.49. The van der Waals surface area contributed by atoms with Crippen molar-refractivity contribution in [1.82, 2.24) is 19.8 Å². The summed E-state index contributed by atoms with van der Waals surface area (Å²) in [4.78, 5) is 26.9. The number of aromatic nitrogens is 2. The number of hydrogen-bond donors (Lipinski definition) is 0. The zero-order valence-electron chi connectivity index (χ0n) is 13.2. The first-order chi connectivity index (χ1) is 11.2. The van der Waals surface area contributed by atoms with E-state index in [9.17, 15) is 4.79 Å². The monoisotopic (exact) mass is 328 g/mol. The van der Waals surface area contributed by atoms with Crippen LogP contribution in [-0.2, 0) is 0 Å². The van der Waals surface area contributed by atoms with Crippen LogP contribution in [0.5, 0.6) is 0 Å². The van der Waals surface area contributed by atoms with Crippen molar-refractivity contribution in [2.24, 2.45) is 0 Å². The third kappa shape index (κ3) is 3.01. The molecule has 1 aliphatic carbocycles. The van der Waals surface area contributed by atoms with Gasteiger partial charge in [0.2, 0.25) is 0 Å². The number of piperazine rings is 1. The van der Waals surface area contributed by atoms with E-state index in [-0.39, 0.29) is 5.91 Å². The van der Waals surface area contributed by atoms with Crippen LogP contribution in [0.4, 0.5) is 0 Å². The summed E-state index contributed by atoms with van der Waals surface area (Å²) < 4.78 is 0. The minimum absolute atomic E-state index is 0.123. The van der Waals surface area contributed by atoms with Crippen LogP contribution in [0.25, 0.3) is 10.7 Å². The fourth-order valence-corrected chi connectivity index (χ4v) is 4.08. The average Bonchev–Trinajstić information content (AvgIpc) is 3.37. The molecule has 2 fully saturated rings. The lowest BCUT2D eigenvalue weighted by Crippen LogP contribution is -2.49. The lowest BCUT2D eigenvalue weighted by molar-refractivity contribution is 0.0631. The van der Waals surface area contributed by atoms with Gasteiger partial charge in [-0.15, -0.1) is 11.3 Å². The molecule has 1 saturated heterocycles. The summed E-state index contributed by atoms with van der Waals surface area (Å²) in [5.41, 5.74) is 1.64. The van der Waals surface area contributed by atoms with Crippen LogP contribution < -0.4 is 0 Å². The van der Waals surface area contributed by atoms with Crippen LogP contribution in [0, 0.1) is 6.92 Å². The van der Waals surface area contributed by atoms with Gasteiger partial charge in [0.05, 0.1) is 11.4 Å². The molecule has 0 N–H and O–H groups in total. The second-order valence-electron chi connectivity index (χ2n) is 6.21. The maximum absolute atomic E-state index is 12.8. The van der Waals surface area contributed by atoms with Gasteiger partial charge in [0, 0.05) is 38.4 Å². The highest BCUT2D eigenvalue weighted by Gasteiger charge is 2.33. The smallest absolute Gasteiger partial charge is 0.265 e. The van der Waals surface area contributed by atoms with Gasteiger partial charge in [0.1, 0.15) is 9.88 Å². The summed E-state index contributed by atoms with van der Waals surface area (Å²) in [5.74, 6) is 0.123. The van der Waals surface area contributed by atoms with E-state index in [2.05, 4.69) is 14.9 Å². The molecule has 6 heteroatoms. The molecule has 3 heterocycles. The Morgan fingerprint density at radius 2 is 2.00 bits per heavy atom. The van der Waals surface area contributed by atoms with E-state index in [0.717, 1.165) is 53.5 Å². The molecule has 5 nitrogen and oxygen atoms in total. The van der Waals surface area contributed by atoms with Gasteiger partial charge in [-0.2, -0.15) is 0 Å². The first kappa shape index (κ1) is 14.8. The maximum Gasteiger partial charge on any atom is 0.265 e. The van der Waals surface area contributed by atoms with Crippen LogP contribution in [0.3, 0.4) is 0 Å². The van der Waals surface area contributed by atoms with E-state index in [1.165, 1.54) is 24.2 Å². The fraction of sp³-hybridized carbons (Fsp3) is 0.471. The van der Waals surface area contributed by atoms with Gasteiger partial charge in [0.25, 0.3) is 5.91 Å². The minimum atomic E-state index is 0.123. The quantitative estimate of drug-likeness (QED) is 0.868. The van der Waals surface area contributed by atoms with Crippen molar-refractivity contribution in [3.63, 3.8) is 0 Å². The molecule has 0 unspecified atom stereocenters. The van der Waals surface area contributed by atoms with E-state index in [1.807, 2.05) is 30.0 Å². The summed E-state index contributed by atoms with van der Waals surface area (Å²) in [7, 11) is 0. The number of pyridine rings is 1. The highest BCUT2D eigenvalue weighted by molar-refractivity contribution is 7.17. The molecule has 1 amide bonds. The number of rotatable bonds is 3. The summed E-state index contributed by atoms with van der Waals surface area (Å²) >= 11 is 1.46. The molecule has 120 valence electrons. The third-order valence-corrected chi connectivity index (χ3v) is 5.71. The number of carbonyl (C=O) groups excluding carboxylic acids is 1. The Morgan fingerprint density at radius 3 is 2.65 bits per heavy atom. The van der Waals surface area contributed by atoms with Gasteiger partial charge < -0.3 is 4.90 Å². The van der Waals surface area contributed by atoms with Gasteiger partial charge in [0.15, 0.2) is 0 Å². The molecule has 0 aromatic carbocycles. The number of thiazole rings is 1. The van der Waals surface area contributed by atoms with Gasteiger partial charge in [-0.25, -0.2) is 4.98 Å². The van der Waals surface area contributed by atoms with Crippen LogP contribution in [0.1, 0.15) is 28.2 Å². The lowest BCUT2D eigenvalue weighted by Gasteiger charge is -2.34. The largest absolute Gasteiger partial charge is 0.335 e. The molecule has 1 saturated carbocycles. The zero-order valence-corrected chi connectivity index (χ0v) is 14.1. The normalized spacial score (nSPS) is 19.1. The van der Waals surface area contributed by atoms with E-state index in [1.54, 1.807) is 6.20 Å². The summed E-state index contributed by atoms with van der Waals surface area (Å²) in [5, 5.41) is 0.822. The molecular formula is C17H20N4OS. The van der Waals surface area contributed by atoms with Crippen LogP contribution >= 0.6 is 11.3 Å². The second kappa shape index (κ2) is 6.02. The Labute approximate surface area is 140 Å². The standard InChI is InChI=1S/C17H20N4OS/c1-12-15(23-16(19-12)14-4-2-3-7-18-14)17(22)21-10-8-20(9-11-21)13-5-6-13/h2-4,7,13H,5-6,8-11H2,1H3. The molecule has 0 radical (unpaired) electrons. The molecule has 2 aliphatic rings. The number of hydrogen-bond acceptors (Lipinski definition) is 5. The number of nitrogens with zero attached hydrogens (tertiary/aromatic N) is 4. The van der Waals surface area contributed by atoms with Crippen LogP contribution in [0.2, 0.25) is 0 Å². The predicted molar refractivity (Wildman–Crippen MR) is 90.6 cm³/mol. The summed E-state index contributed by atoms with van der Waals surface area (Å²) in [6.45, 7) is 5.57. The van der Waals surface area contributed by atoms with Crippen molar-refractivity contribution >= 4 is 17.2 Å². The molecule has 2 aromatic rings. The van der Waals surface area contributed by atoms with E-state index in [4.69, 9.17) is 0 Å². The lowest BCUT2D eigenvalue weighted by atomic mass is 10.2. The SMILES string of the molecule is Cc1nc(-c2ccccn2)sc1C(=O)N1CCN(C2CC2)CC1. The Bertz CT molecular complexity index is 703. The third-order valence-electron chi connectivity index (χ3n) is 4.54. The number of amides is 1. The van der Waals surface area contributed by atoms with E-state index < -0.39 is 0 Å². The average molecular weight is 328 g/mol. The number of carbonyl (C=O) groups is 1. The summed E-state index contributed by atoms with van der Waals surface area (Å²) in [6, 6.07) is 6.54. The molecule has 2 aromatic heterocycles. The highest BCUT2D eigenvalue weighted by atomic mass is 32.1. The maximum atomic E-state index is 12.8. The van der Waals surface area contributed by atoms with E-state index in [0.29, 0.717) is 0 Å². The Morgan fingerprint density at radius 1 is 1.22 bits per heavy atom. The second-order valence-corrected chi connectivity index (χ2v) is 7.21. The van der Waals surface area contributed by atoms with Crippen molar-refractivity contribution in [3.8, 4) is 10.7 Å². The van der Waals surface area contributed by atoms with Crippen molar-refractivity contribution in [2.75, 3.05) is 26.2 Å². The van der Waals surface area contributed by atoms with Gasteiger partial charge >= 0.3 is 0 Å². The van der Waals surface area contributed by atoms with Crippen LogP contribution in [-0.4, -0.2) is 57.9 Å². The molecule has 1 aliphatic heterocycles. The Hall–Kier alpha value is -1.79. The van der Waals surface area contributed by atoms with Gasteiger partial charge in [-0.3, -0.25) is 14.7 Å².